The average molecular weight is 303 g/mol. The average Bonchev–Trinajstić information content (AvgIpc) is 2.84. The van der Waals surface area contributed by atoms with Gasteiger partial charge >= 0.3 is 0 Å². The summed E-state index contributed by atoms with van der Waals surface area (Å²) in [5.74, 6) is 5.14. The maximum Gasteiger partial charge on any atom is 0.133 e. The van der Waals surface area contributed by atoms with Gasteiger partial charge < -0.3 is 0 Å². The maximum absolute atomic E-state index is 11.9. The lowest BCUT2D eigenvalue weighted by atomic mass is 9.45. The molecule has 0 spiro atoms. The Kier molecular flexibility index (Phi) is 3.51. The minimum Gasteiger partial charge on any atom is -0.300 e. The molecule has 0 aromatic carbocycles. The van der Waals surface area contributed by atoms with Crippen molar-refractivity contribution in [3.63, 3.8) is 0 Å². The molecule has 0 aromatic rings. The molecule has 0 radical (unpaired) electrons. The van der Waals surface area contributed by atoms with Crippen molar-refractivity contribution in [2.45, 2.75) is 85.0 Å². The van der Waals surface area contributed by atoms with Crippen LogP contribution in [0.5, 0.6) is 0 Å². The van der Waals surface area contributed by atoms with Gasteiger partial charge in [-0.25, -0.2) is 0 Å². The second-order valence-electron chi connectivity index (χ2n) is 9.63. The Morgan fingerprint density at radius 3 is 2.50 bits per heavy atom. The number of carbonyl (C=O) groups is 1. The van der Waals surface area contributed by atoms with Crippen LogP contribution in [0.3, 0.4) is 0 Å². The Morgan fingerprint density at radius 1 is 0.955 bits per heavy atom. The zero-order chi connectivity index (χ0) is 15.5. The highest BCUT2D eigenvalue weighted by molar-refractivity contribution is 5.79. The Labute approximate surface area is 136 Å². The molecule has 0 aromatic heterocycles. The Hall–Kier alpha value is -0.330. The van der Waals surface area contributed by atoms with E-state index in [4.69, 9.17) is 0 Å². The highest BCUT2D eigenvalue weighted by Crippen LogP contribution is 2.67. The lowest BCUT2D eigenvalue weighted by molar-refractivity contribution is -0.139. The van der Waals surface area contributed by atoms with Crippen molar-refractivity contribution in [2.24, 2.45) is 40.4 Å². The normalized spacial score (nSPS) is 54.5. The molecule has 0 bridgehead atoms. The largest absolute Gasteiger partial charge is 0.300 e. The van der Waals surface area contributed by atoms with Gasteiger partial charge in [0.05, 0.1) is 0 Å². The molecule has 0 heterocycles. The molecule has 4 fully saturated rings. The van der Waals surface area contributed by atoms with Gasteiger partial charge in [0.1, 0.15) is 5.78 Å². The molecule has 0 N–H and O–H groups in total. The highest BCUT2D eigenvalue weighted by Gasteiger charge is 2.59. The molecule has 124 valence electrons. The van der Waals surface area contributed by atoms with Gasteiger partial charge in [0.15, 0.2) is 0 Å². The summed E-state index contributed by atoms with van der Waals surface area (Å²) in [7, 11) is 0. The molecule has 0 aliphatic heterocycles. The summed E-state index contributed by atoms with van der Waals surface area (Å²) in [6.45, 7) is 7.61. The minimum atomic E-state index is 0.489. The van der Waals surface area contributed by atoms with Crippen LogP contribution >= 0.6 is 0 Å². The van der Waals surface area contributed by atoms with E-state index in [0.717, 1.165) is 36.5 Å². The van der Waals surface area contributed by atoms with Crippen molar-refractivity contribution in [3.05, 3.63) is 0 Å². The summed E-state index contributed by atoms with van der Waals surface area (Å²) >= 11 is 0. The van der Waals surface area contributed by atoms with E-state index in [-0.39, 0.29) is 0 Å². The number of hydrogen-bond acceptors (Lipinski definition) is 1. The van der Waals surface area contributed by atoms with Crippen LogP contribution in [0.15, 0.2) is 0 Å². The van der Waals surface area contributed by atoms with Gasteiger partial charge in [0.2, 0.25) is 0 Å². The van der Waals surface area contributed by atoms with Crippen molar-refractivity contribution in [1.82, 2.24) is 0 Å². The van der Waals surface area contributed by atoms with E-state index >= 15 is 0 Å². The molecule has 0 amide bonds. The smallest absolute Gasteiger partial charge is 0.133 e. The second kappa shape index (κ2) is 5.08. The number of ketones is 1. The molecule has 7 atom stereocenters. The fourth-order valence-electron chi connectivity index (χ4n) is 7.82. The number of Topliss-reactive ketones (excluding diaryl/α,β-unsaturated/α-hetero) is 1. The topological polar surface area (TPSA) is 17.1 Å². The predicted molar refractivity (Wildman–Crippen MR) is 90.5 cm³/mol. The lowest BCUT2D eigenvalue weighted by Gasteiger charge is -2.60. The van der Waals surface area contributed by atoms with Crippen LogP contribution in [0.1, 0.15) is 85.0 Å². The number of fused-ring (bicyclic) bond motifs is 5. The Balaban J connectivity index is 1.62. The molecule has 0 saturated heterocycles. The predicted octanol–water partition coefficient (Wildman–Crippen LogP) is 5.62. The van der Waals surface area contributed by atoms with E-state index in [9.17, 15) is 4.79 Å². The summed E-state index contributed by atoms with van der Waals surface area (Å²) in [5, 5.41) is 0. The zero-order valence-corrected chi connectivity index (χ0v) is 14.9. The first kappa shape index (κ1) is 15.2. The van der Waals surface area contributed by atoms with Crippen LogP contribution in [0.4, 0.5) is 0 Å². The van der Waals surface area contributed by atoms with Crippen LogP contribution in [0.2, 0.25) is 0 Å². The highest BCUT2D eigenvalue weighted by atomic mass is 16.1. The first-order valence-electron chi connectivity index (χ1n) is 10.0. The molecule has 4 saturated carbocycles. The van der Waals surface area contributed by atoms with E-state index in [2.05, 4.69) is 20.8 Å². The summed E-state index contributed by atoms with van der Waals surface area (Å²) in [6.07, 6.45) is 13.0. The summed E-state index contributed by atoms with van der Waals surface area (Å²) in [4.78, 5) is 11.9. The SMILES string of the molecule is CC[C@H]1CC[C@H]2[C@@H]3CC[C@@H]4CC(=O)CC[C@]4(C)[C@H]3CC[C@]12C. The number of carbonyl (C=O) groups excluding carboxylic acids is 1. The third-order valence-electron chi connectivity index (χ3n) is 9.17. The van der Waals surface area contributed by atoms with Crippen LogP contribution in [0, 0.1) is 40.4 Å². The number of hydrogen-bond donors (Lipinski definition) is 0. The molecule has 1 heteroatoms. The van der Waals surface area contributed by atoms with Gasteiger partial charge in [0.25, 0.3) is 0 Å². The third kappa shape index (κ3) is 1.93. The third-order valence-corrected chi connectivity index (χ3v) is 9.17. The first-order chi connectivity index (χ1) is 10.5. The van der Waals surface area contributed by atoms with E-state index in [1.165, 1.54) is 51.4 Å². The minimum absolute atomic E-state index is 0.489. The van der Waals surface area contributed by atoms with Crippen LogP contribution in [-0.4, -0.2) is 5.78 Å². The monoisotopic (exact) mass is 302 g/mol. The Morgan fingerprint density at radius 2 is 1.73 bits per heavy atom. The lowest BCUT2D eigenvalue weighted by Crippen LogP contribution is -2.53. The molecule has 0 unspecified atom stereocenters. The standard InChI is InChI=1S/C21H34O/c1-4-14-6-8-18-17-7-5-15-13-16(22)9-11-21(15,3)19(17)10-12-20(14,18)2/h14-15,17-19H,4-13H2,1-3H3/t14-,15+,17-,18-,19-,20+,21-/m0/s1. The molecular formula is C21H34O. The molecule has 1 nitrogen and oxygen atoms in total. The van der Waals surface area contributed by atoms with Gasteiger partial charge in [0, 0.05) is 12.8 Å². The van der Waals surface area contributed by atoms with Gasteiger partial charge in [-0.1, -0.05) is 27.2 Å². The van der Waals surface area contributed by atoms with Crippen LogP contribution < -0.4 is 0 Å². The summed E-state index contributed by atoms with van der Waals surface area (Å²) in [5.41, 5.74) is 1.13. The maximum atomic E-state index is 11.9. The molecule has 22 heavy (non-hydrogen) atoms. The fraction of sp³-hybridized carbons (Fsp3) is 0.952. The first-order valence-corrected chi connectivity index (χ1v) is 10.0. The second-order valence-corrected chi connectivity index (χ2v) is 9.63. The van der Waals surface area contributed by atoms with Gasteiger partial charge in [-0.05, 0) is 85.4 Å². The van der Waals surface area contributed by atoms with Crippen molar-refractivity contribution in [2.75, 3.05) is 0 Å². The van der Waals surface area contributed by atoms with Crippen molar-refractivity contribution >= 4 is 5.78 Å². The van der Waals surface area contributed by atoms with Gasteiger partial charge in [-0.15, -0.1) is 0 Å². The molecular weight excluding hydrogens is 268 g/mol. The summed E-state index contributed by atoms with van der Waals surface area (Å²) < 4.78 is 0. The fourth-order valence-corrected chi connectivity index (χ4v) is 7.82. The molecule has 4 aliphatic rings. The van der Waals surface area contributed by atoms with Crippen LogP contribution in [-0.2, 0) is 4.79 Å². The quantitative estimate of drug-likeness (QED) is 0.614. The van der Waals surface area contributed by atoms with Gasteiger partial charge in [-0.3, -0.25) is 4.79 Å². The van der Waals surface area contributed by atoms with E-state index < -0.39 is 0 Å². The van der Waals surface area contributed by atoms with E-state index in [0.29, 0.717) is 22.5 Å². The van der Waals surface area contributed by atoms with Crippen molar-refractivity contribution < 1.29 is 4.79 Å². The van der Waals surface area contributed by atoms with Crippen LogP contribution in [0.25, 0.3) is 0 Å². The van der Waals surface area contributed by atoms with E-state index in [1.54, 1.807) is 0 Å². The zero-order valence-electron chi connectivity index (χ0n) is 14.9. The molecule has 4 rings (SSSR count). The molecule has 4 aliphatic carbocycles. The number of rotatable bonds is 1. The Bertz CT molecular complexity index is 469. The summed E-state index contributed by atoms with van der Waals surface area (Å²) in [6, 6.07) is 0. The van der Waals surface area contributed by atoms with Crippen molar-refractivity contribution in [3.8, 4) is 0 Å². The van der Waals surface area contributed by atoms with Gasteiger partial charge in [-0.2, -0.15) is 0 Å². The van der Waals surface area contributed by atoms with E-state index in [1.807, 2.05) is 0 Å². The van der Waals surface area contributed by atoms with Crippen molar-refractivity contribution in [1.29, 1.82) is 0 Å².